The Labute approximate surface area is 168 Å². The van der Waals surface area contributed by atoms with E-state index in [2.05, 4.69) is 22.2 Å². The summed E-state index contributed by atoms with van der Waals surface area (Å²) in [5.74, 6) is 0.896. The number of hydrogen-bond donors (Lipinski definition) is 1. The number of carbonyl (C=O) groups excluding carboxylic acids is 1. The zero-order valence-electron chi connectivity index (χ0n) is 16.3. The van der Waals surface area contributed by atoms with Crippen molar-refractivity contribution in [2.75, 3.05) is 11.9 Å². The number of ether oxygens (including phenoxy) is 1. The molecule has 6 heteroatoms. The highest BCUT2D eigenvalue weighted by atomic mass is 16.5. The molecule has 2 aromatic heterocycles. The first-order valence-corrected chi connectivity index (χ1v) is 9.46. The number of hydrogen-bond acceptors (Lipinski definition) is 5. The maximum absolute atomic E-state index is 12.4. The minimum absolute atomic E-state index is 0.0675. The van der Waals surface area contributed by atoms with Gasteiger partial charge in [-0.2, -0.15) is 4.98 Å². The molecule has 6 nitrogen and oxygen atoms in total. The molecule has 0 unspecified atom stereocenters. The third-order valence-corrected chi connectivity index (χ3v) is 4.63. The van der Waals surface area contributed by atoms with Crippen LogP contribution in [0.2, 0.25) is 0 Å². The lowest BCUT2D eigenvalue weighted by Crippen LogP contribution is -2.20. The predicted molar refractivity (Wildman–Crippen MR) is 112 cm³/mol. The third-order valence-electron chi connectivity index (χ3n) is 4.63. The fourth-order valence-corrected chi connectivity index (χ4v) is 2.94. The molecule has 0 atom stereocenters. The minimum Gasteiger partial charge on any atom is -0.484 e. The largest absolute Gasteiger partial charge is 0.484 e. The number of amides is 1. The highest BCUT2D eigenvalue weighted by Crippen LogP contribution is 2.27. The molecule has 29 heavy (non-hydrogen) atoms. The molecule has 1 amide bonds. The predicted octanol–water partition coefficient (Wildman–Crippen LogP) is 4.78. The SMILES string of the molecule is CCc1ccc(OCC(=O)Nc2cc(-c3nc4ncccc4o3)ccc2C)cc1. The zero-order chi connectivity index (χ0) is 20.2. The first kappa shape index (κ1) is 18.7. The summed E-state index contributed by atoms with van der Waals surface area (Å²) >= 11 is 0. The normalized spacial score (nSPS) is 10.8. The summed E-state index contributed by atoms with van der Waals surface area (Å²) in [6.45, 7) is 3.95. The van der Waals surface area contributed by atoms with Crippen molar-refractivity contribution in [3.63, 3.8) is 0 Å². The van der Waals surface area contributed by atoms with Gasteiger partial charge in [-0.05, 0) is 60.9 Å². The molecule has 2 heterocycles. The molecule has 0 aliphatic heterocycles. The molecule has 1 N–H and O–H groups in total. The molecular formula is C23H21N3O3. The van der Waals surface area contributed by atoms with Crippen LogP contribution in [0.4, 0.5) is 5.69 Å². The summed E-state index contributed by atoms with van der Waals surface area (Å²) in [6, 6.07) is 17.0. The fourth-order valence-electron chi connectivity index (χ4n) is 2.94. The fraction of sp³-hybridized carbons (Fsp3) is 0.174. The van der Waals surface area contributed by atoms with Crippen LogP contribution in [0, 0.1) is 6.92 Å². The molecule has 0 bridgehead atoms. The Morgan fingerprint density at radius 3 is 2.72 bits per heavy atom. The van der Waals surface area contributed by atoms with Gasteiger partial charge in [0.2, 0.25) is 5.89 Å². The van der Waals surface area contributed by atoms with E-state index in [0.717, 1.165) is 17.5 Å². The van der Waals surface area contributed by atoms with Gasteiger partial charge in [0.05, 0.1) is 0 Å². The number of oxazole rings is 1. The molecule has 0 saturated carbocycles. The first-order valence-electron chi connectivity index (χ1n) is 9.46. The molecule has 0 aliphatic carbocycles. The van der Waals surface area contributed by atoms with Gasteiger partial charge in [0, 0.05) is 17.4 Å². The van der Waals surface area contributed by atoms with Gasteiger partial charge in [-0.25, -0.2) is 4.98 Å². The standard InChI is InChI=1S/C23H21N3O3/c1-3-16-7-10-18(11-8-16)28-14-21(27)25-19-13-17(9-6-15(19)2)23-26-22-20(29-23)5-4-12-24-22/h4-13H,3,14H2,1-2H3,(H,25,27). The van der Waals surface area contributed by atoms with Gasteiger partial charge in [-0.15, -0.1) is 0 Å². The van der Waals surface area contributed by atoms with Gasteiger partial charge in [-0.3, -0.25) is 4.79 Å². The van der Waals surface area contributed by atoms with Crippen LogP contribution in [0.15, 0.2) is 65.2 Å². The van der Waals surface area contributed by atoms with Crippen LogP contribution in [0.25, 0.3) is 22.7 Å². The van der Waals surface area contributed by atoms with Crippen molar-refractivity contribution in [1.82, 2.24) is 9.97 Å². The number of nitrogens with zero attached hydrogens (tertiary/aromatic N) is 2. The summed E-state index contributed by atoms with van der Waals surface area (Å²) in [5.41, 5.74) is 4.78. The third kappa shape index (κ3) is 4.27. The van der Waals surface area contributed by atoms with Crippen molar-refractivity contribution >= 4 is 22.8 Å². The molecule has 0 aliphatic rings. The number of rotatable bonds is 6. The average Bonchev–Trinajstić information content (AvgIpc) is 3.18. The number of pyridine rings is 1. The van der Waals surface area contributed by atoms with Crippen molar-refractivity contribution < 1.29 is 13.9 Å². The van der Waals surface area contributed by atoms with Gasteiger partial charge >= 0.3 is 0 Å². The molecule has 0 fully saturated rings. The number of benzene rings is 2. The van der Waals surface area contributed by atoms with E-state index in [9.17, 15) is 4.79 Å². The van der Waals surface area contributed by atoms with E-state index in [1.165, 1.54) is 5.56 Å². The number of fused-ring (bicyclic) bond motifs is 1. The van der Waals surface area contributed by atoms with Crippen molar-refractivity contribution in [3.05, 3.63) is 71.9 Å². The Bertz CT molecular complexity index is 1120. The summed E-state index contributed by atoms with van der Waals surface area (Å²) in [5, 5.41) is 2.90. The quantitative estimate of drug-likeness (QED) is 0.515. The lowest BCUT2D eigenvalue weighted by molar-refractivity contribution is -0.118. The highest BCUT2D eigenvalue weighted by Gasteiger charge is 2.12. The summed E-state index contributed by atoms with van der Waals surface area (Å²) in [6.07, 6.45) is 2.64. The molecule has 2 aromatic carbocycles. The summed E-state index contributed by atoms with van der Waals surface area (Å²) in [7, 11) is 0. The number of aromatic nitrogens is 2. The van der Waals surface area contributed by atoms with E-state index >= 15 is 0 Å². The van der Waals surface area contributed by atoms with Gasteiger partial charge in [0.15, 0.2) is 17.8 Å². The lowest BCUT2D eigenvalue weighted by Gasteiger charge is -2.11. The van der Waals surface area contributed by atoms with Crippen molar-refractivity contribution in [3.8, 4) is 17.2 Å². The second-order valence-corrected chi connectivity index (χ2v) is 6.71. The van der Waals surface area contributed by atoms with Crippen LogP contribution in [0.3, 0.4) is 0 Å². The van der Waals surface area contributed by atoms with E-state index in [1.54, 1.807) is 12.3 Å². The maximum Gasteiger partial charge on any atom is 0.262 e. The number of aryl methyl sites for hydroxylation is 2. The Balaban J connectivity index is 1.46. The molecule has 0 radical (unpaired) electrons. The smallest absolute Gasteiger partial charge is 0.262 e. The monoisotopic (exact) mass is 387 g/mol. The van der Waals surface area contributed by atoms with Gasteiger partial charge < -0.3 is 14.5 Å². The highest BCUT2D eigenvalue weighted by molar-refractivity contribution is 5.93. The van der Waals surface area contributed by atoms with E-state index in [1.807, 2.05) is 55.5 Å². The van der Waals surface area contributed by atoms with Gasteiger partial charge in [-0.1, -0.05) is 25.1 Å². The van der Waals surface area contributed by atoms with Crippen molar-refractivity contribution in [1.29, 1.82) is 0 Å². The van der Waals surface area contributed by atoms with E-state index < -0.39 is 0 Å². The Hall–Kier alpha value is -3.67. The van der Waals surface area contributed by atoms with Gasteiger partial charge in [0.1, 0.15) is 5.75 Å². The molecule has 0 spiro atoms. The van der Waals surface area contributed by atoms with Crippen LogP contribution in [-0.2, 0) is 11.2 Å². The van der Waals surface area contributed by atoms with Crippen LogP contribution in [-0.4, -0.2) is 22.5 Å². The van der Waals surface area contributed by atoms with Crippen molar-refractivity contribution in [2.24, 2.45) is 0 Å². The lowest BCUT2D eigenvalue weighted by atomic mass is 10.1. The zero-order valence-corrected chi connectivity index (χ0v) is 16.3. The maximum atomic E-state index is 12.4. The summed E-state index contributed by atoms with van der Waals surface area (Å²) in [4.78, 5) is 21.0. The van der Waals surface area contributed by atoms with E-state index in [4.69, 9.17) is 9.15 Å². The molecule has 0 saturated heterocycles. The first-order chi connectivity index (χ1) is 14.1. The molecule has 4 rings (SSSR count). The average molecular weight is 387 g/mol. The van der Waals surface area contributed by atoms with E-state index in [-0.39, 0.29) is 12.5 Å². The second kappa shape index (κ2) is 8.14. The second-order valence-electron chi connectivity index (χ2n) is 6.71. The molecular weight excluding hydrogens is 366 g/mol. The Morgan fingerprint density at radius 2 is 1.97 bits per heavy atom. The van der Waals surface area contributed by atoms with Gasteiger partial charge in [0.25, 0.3) is 5.91 Å². The van der Waals surface area contributed by atoms with Crippen LogP contribution >= 0.6 is 0 Å². The minimum atomic E-state index is -0.232. The molecule has 146 valence electrons. The molecule has 4 aromatic rings. The summed E-state index contributed by atoms with van der Waals surface area (Å²) < 4.78 is 11.4. The van der Waals surface area contributed by atoms with Crippen LogP contribution < -0.4 is 10.1 Å². The van der Waals surface area contributed by atoms with Crippen molar-refractivity contribution in [2.45, 2.75) is 20.3 Å². The number of anilines is 1. The van der Waals surface area contributed by atoms with E-state index in [0.29, 0.717) is 28.6 Å². The Morgan fingerprint density at radius 1 is 1.14 bits per heavy atom. The van der Waals surface area contributed by atoms with Crippen LogP contribution in [0.1, 0.15) is 18.1 Å². The number of nitrogens with one attached hydrogen (secondary N) is 1. The van der Waals surface area contributed by atoms with Crippen LogP contribution in [0.5, 0.6) is 5.75 Å². The Kier molecular flexibility index (Phi) is 5.24. The number of carbonyl (C=O) groups is 1. The topological polar surface area (TPSA) is 77.2 Å².